The summed E-state index contributed by atoms with van der Waals surface area (Å²) < 4.78 is 40.4. The van der Waals surface area contributed by atoms with Crippen molar-refractivity contribution in [2.75, 3.05) is 38.3 Å². The standard InChI is InChI=1S/C33H29F2N5O3S2/c1-42-15-12-36-19-22-2-8-26(38-20-22)30-18-27-32(45-30)29(10-11-37-27)43-28-9-3-21(16-25(28)35)17-31(41)40-14-13-39(33(40)44)24-6-4-23(34)5-7-24/h2-11,16,18,20,36H,12-15,17,19H2,1H3. The Morgan fingerprint density at radius 3 is 2.58 bits per heavy atom. The van der Waals surface area contributed by atoms with E-state index in [2.05, 4.69) is 15.3 Å². The van der Waals surface area contributed by atoms with Crippen LogP contribution < -0.4 is 15.0 Å². The Labute approximate surface area is 268 Å². The summed E-state index contributed by atoms with van der Waals surface area (Å²) in [6.45, 7) is 2.99. The Morgan fingerprint density at radius 2 is 1.82 bits per heavy atom. The molecule has 12 heteroatoms. The molecule has 45 heavy (non-hydrogen) atoms. The quantitative estimate of drug-likeness (QED) is 0.132. The van der Waals surface area contributed by atoms with Gasteiger partial charge in [0.05, 0.1) is 33.8 Å². The van der Waals surface area contributed by atoms with Crippen LogP contribution in [0.4, 0.5) is 14.5 Å². The molecule has 5 aromatic rings. The van der Waals surface area contributed by atoms with Gasteiger partial charge in [0.25, 0.3) is 0 Å². The molecule has 0 spiro atoms. The average molecular weight is 646 g/mol. The number of hydrogen-bond donors (Lipinski definition) is 1. The number of halogens is 2. The van der Waals surface area contributed by atoms with Crippen molar-refractivity contribution >= 4 is 50.5 Å². The van der Waals surface area contributed by atoms with Gasteiger partial charge in [-0.3, -0.25) is 19.7 Å². The fourth-order valence-corrected chi connectivity index (χ4v) is 6.39. The Balaban J connectivity index is 1.11. The normalized spacial score (nSPS) is 13.2. The zero-order valence-electron chi connectivity index (χ0n) is 24.3. The van der Waals surface area contributed by atoms with Gasteiger partial charge in [0.1, 0.15) is 11.6 Å². The van der Waals surface area contributed by atoms with Crippen molar-refractivity contribution in [3.05, 3.63) is 102 Å². The number of pyridine rings is 2. The van der Waals surface area contributed by atoms with Crippen molar-refractivity contribution in [3.8, 4) is 22.1 Å². The lowest BCUT2D eigenvalue weighted by Crippen LogP contribution is -2.37. The highest BCUT2D eigenvalue weighted by Crippen LogP contribution is 2.39. The average Bonchev–Trinajstić information content (AvgIpc) is 3.66. The lowest BCUT2D eigenvalue weighted by Gasteiger charge is -2.21. The summed E-state index contributed by atoms with van der Waals surface area (Å²) in [6, 6.07) is 18.1. The van der Waals surface area contributed by atoms with E-state index in [1.165, 1.54) is 40.5 Å². The summed E-state index contributed by atoms with van der Waals surface area (Å²) in [7, 11) is 1.67. The van der Waals surface area contributed by atoms with Crippen LogP contribution >= 0.6 is 23.6 Å². The Bertz CT molecular complexity index is 1830. The minimum Gasteiger partial charge on any atom is -0.453 e. The van der Waals surface area contributed by atoms with E-state index in [-0.39, 0.29) is 23.9 Å². The zero-order valence-corrected chi connectivity index (χ0v) is 26.0. The number of anilines is 1. The molecule has 4 heterocycles. The van der Waals surface area contributed by atoms with E-state index >= 15 is 4.39 Å². The number of amides is 1. The third-order valence-electron chi connectivity index (χ3n) is 7.28. The molecule has 1 aliphatic heterocycles. The van der Waals surface area contributed by atoms with Gasteiger partial charge in [-0.25, -0.2) is 8.78 Å². The molecular formula is C33H29F2N5O3S2. The highest BCUT2D eigenvalue weighted by molar-refractivity contribution is 7.80. The molecule has 0 unspecified atom stereocenters. The molecule has 1 amide bonds. The van der Waals surface area contributed by atoms with E-state index in [0.717, 1.165) is 32.9 Å². The van der Waals surface area contributed by atoms with E-state index in [1.54, 1.807) is 42.5 Å². The number of carbonyl (C=O) groups is 1. The van der Waals surface area contributed by atoms with Crippen molar-refractivity contribution < 1.29 is 23.0 Å². The maximum absolute atomic E-state index is 15.2. The fourth-order valence-electron chi connectivity index (χ4n) is 4.96. The van der Waals surface area contributed by atoms with Crippen molar-refractivity contribution in [1.29, 1.82) is 0 Å². The Hall–Kier alpha value is -4.36. The first kappa shape index (κ1) is 30.7. The highest BCUT2D eigenvalue weighted by Gasteiger charge is 2.30. The van der Waals surface area contributed by atoms with Crippen molar-refractivity contribution in [1.82, 2.24) is 20.2 Å². The number of rotatable bonds is 11. The first-order valence-electron chi connectivity index (χ1n) is 14.3. The predicted octanol–water partition coefficient (Wildman–Crippen LogP) is 6.34. The number of nitrogens with one attached hydrogen (secondary N) is 1. The topological polar surface area (TPSA) is 79.8 Å². The molecule has 0 atom stereocenters. The summed E-state index contributed by atoms with van der Waals surface area (Å²) >= 11 is 6.99. The fraction of sp³-hybridized carbons (Fsp3) is 0.212. The number of thiocarbonyl (C=S) groups is 1. The first-order chi connectivity index (χ1) is 21.9. The maximum atomic E-state index is 15.2. The molecule has 6 rings (SSSR count). The van der Waals surface area contributed by atoms with Crippen LogP contribution in [-0.2, 0) is 22.5 Å². The third kappa shape index (κ3) is 6.99. The van der Waals surface area contributed by atoms with Crippen LogP contribution in [0.5, 0.6) is 11.5 Å². The summed E-state index contributed by atoms with van der Waals surface area (Å²) in [4.78, 5) is 26.3. The Kier molecular flexibility index (Phi) is 9.36. The maximum Gasteiger partial charge on any atom is 0.233 e. The molecule has 1 aliphatic rings. The first-order valence-corrected chi connectivity index (χ1v) is 15.5. The second kappa shape index (κ2) is 13.7. The molecule has 2 aromatic carbocycles. The van der Waals surface area contributed by atoms with Crippen LogP contribution in [0.15, 0.2) is 79.1 Å². The van der Waals surface area contributed by atoms with Crippen LogP contribution in [0.3, 0.4) is 0 Å². The molecule has 0 bridgehead atoms. The van der Waals surface area contributed by atoms with E-state index in [0.29, 0.717) is 48.4 Å². The number of carbonyl (C=O) groups excluding carboxylic acids is 1. The lowest BCUT2D eigenvalue weighted by atomic mass is 10.1. The number of hydrogen-bond acceptors (Lipinski definition) is 8. The van der Waals surface area contributed by atoms with Gasteiger partial charge in [0.2, 0.25) is 5.91 Å². The lowest BCUT2D eigenvalue weighted by molar-refractivity contribution is -0.126. The molecule has 8 nitrogen and oxygen atoms in total. The van der Waals surface area contributed by atoms with Crippen molar-refractivity contribution in [2.45, 2.75) is 13.0 Å². The van der Waals surface area contributed by atoms with E-state index < -0.39 is 5.82 Å². The second-order valence-corrected chi connectivity index (χ2v) is 11.8. The summed E-state index contributed by atoms with van der Waals surface area (Å²) in [5.74, 6) is -0.669. The van der Waals surface area contributed by atoms with Gasteiger partial charge in [0, 0.05) is 57.4 Å². The second-order valence-electron chi connectivity index (χ2n) is 10.4. The minimum atomic E-state index is -0.588. The third-order valence-corrected chi connectivity index (χ3v) is 8.89. The van der Waals surface area contributed by atoms with Gasteiger partial charge in [-0.1, -0.05) is 12.1 Å². The summed E-state index contributed by atoms with van der Waals surface area (Å²) in [5.41, 5.74) is 3.80. The summed E-state index contributed by atoms with van der Waals surface area (Å²) in [6.07, 6.45) is 3.43. The molecule has 3 aromatic heterocycles. The molecule has 0 aliphatic carbocycles. The van der Waals surface area contributed by atoms with Crippen LogP contribution in [0, 0.1) is 11.6 Å². The molecule has 0 radical (unpaired) electrons. The highest BCUT2D eigenvalue weighted by atomic mass is 32.1. The van der Waals surface area contributed by atoms with E-state index in [9.17, 15) is 9.18 Å². The number of thiophene rings is 1. The number of methoxy groups -OCH3 is 1. The van der Waals surface area contributed by atoms with Crippen molar-refractivity contribution in [3.63, 3.8) is 0 Å². The smallest absolute Gasteiger partial charge is 0.233 e. The molecule has 230 valence electrons. The van der Waals surface area contributed by atoms with Crippen LogP contribution in [-0.4, -0.2) is 59.2 Å². The summed E-state index contributed by atoms with van der Waals surface area (Å²) in [5, 5.41) is 3.64. The van der Waals surface area contributed by atoms with E-state index in [1.807, 2.05) is 24.4 Å². The SMILES string of the molecule is COCCNCc1ccc(-c2cc3nccc(Oc4ccc(CC(=O)N5CCN(c6ccc(F)cc6)C5=S)cc4F)c3s2)nc1. The van der Waals surface area contributed by atoms with Crippen molar-refractivity contribution in [2.24, 2.45) is 0 Å². The number of nitrogens with zero attached hydrogens (tertiary/aromatic N) is 4. The molecular weight excluding hydrogens is 617 g/mol. The van der Waals surface area contributed by atoms with Gasteiger partial charge >= 0.3 is 0 Å². The van der Waals surface area contributed by atoms with Crippen LogP contribution in [0.25, 0.3) is 20.8 Å². The van der Waals surface area contributed by atoms with Gasteiger partial charge in [-0.2, -0.15) is 0 Å². The molecule has 1 saturated heterocycles. The predicted molar refractivity (Wildman–Crippen MR) is 175 cm³/mol. The van der Waals surface area contributed by atoms with Crippen LogP contribution in [0.1, 0.15) is 11.1 Å². The number of fused-ring (bicyclic) bond motifs is 1. The largest absolute Gasteiger partial charge is 0.453 e. The van der Waals surface area contributed by atoms with Gasteiger partial charge in [-0.15, -0.1) is 11.3 Å². The molecule has 1 fully saturated rings. The molecule has 1 N–H and O–H groups in total. The van der Waals surface area contributed by atoms with Gasteiger partial charge in [-0.05, 0) is 71.9 Å². The Morgan fingerprint density at radius 1 is 1.00 bits per heavy atom. The number of ether oxygens (including phenoxy) is 2. The monoisotopic (exact) mass is 645 g/mol. The number of benzene rings is 2. The number of aromatic nitrogens is 2. The van der Waals surface area contributed by atoms with Gasteiger partial charge < -0.3 is 19.7 Å². The zero-order chi connectivity index (χ0) is 31.3. The van der Waals surface area contributed by atoms with Crippen LogP contribution in [0.2, 0.25) is 0 Å². The van der Waals surface area contributed by atoms with Gasteiger partial charge in [0.15, 0.2) is 16.7 Å². The van der Waals surface area contributed by atoms with E-state index in [4.69, 9.17) is 21.7 Å². The minimum absolute atomic E-state index is 0.0304. The molecule has 0 saturated carbocycles.